The van der Waals surface area contributed by atoms with E-state index in [0.717, 1.165) is 36.1 Å². The third kappa shape index (κ3) is 3.26. The minimum absolute atomic E-state index is 0.0144. The van der Waals surface area contributed by atoms with Crippen LogP contribution in [0.5, 0.6) is 0 Å². The van der Waals surface area contributed by atoms with Crippen molar-refractivity contribution in [1.82, 2.24) is 14.9 Å². The predicted molar refractivity (Wildman–Crippen MR) is 83.2 cm³/mol. The number of aliphatic carboxylic acids is 1. The molecule has 0 aromatic carbocycles. The van der Waals surface area contributed by atoms with Crippen LogP contribution in [0.3, 0.4) is 0 Å². The third-order valence-corrected chi connectivity index (χ3v) is 5.11. The second-order valence-electron chi connectivity index (χ2n) is 5.54. The fourth-order valence-corrected chi connectivity index (χ4v) is 4.03. The molecule has 0 unspecified atom stereocenters. The molecule has 0 aliphatic heterocycles. The van der Waals surface area contributed by atoms with Crippen LogP contribution in [0.25, 0.3) is 10.2 Å². The Labute approximate surface area is 136 Å². The largest absolute Gasteiger partial charge is 0.550 e. The predicted octanol–water partition coefficient (Wildman–Crippen LogP) is -0.407. The van der Waals surface area contributed by atoms with E-state index in [4.69, 9.17) is 0 Å². The summed E-state index contributed by atoms with van der Waals surface area (Å²) >= 11 is 1.56. The lowest BCUT2D eigenvalue weighted by atomic mass is 9.97. The average molecular weight is 334 g/mol. The Bertz CT molecular complexity index is 824. The maximum atomic E-state index is 12.6. The second-order valence-corrected chi connectivity index (χ2v) is 6.62. The minimum Gasteiger partial charge on any atom is -0.550 e. The van der Waals surface area contributed by atoms with Crippen LogP contribution in [0, 0.1) is 0 Å². The van der Waals surface area contributed by atoms with Crippen molar-refractivity contribution in [3.05, 3.63) is 27.1 Å². The average Bonchev–Trinajstić information content (AvgIpc) is 2.89. The van der Waals surface area contributed by atoms with Crippen LogP contribution in [-0.4, -0.2) is 28.0 Å². The summed E-state index contributed by atoms with van der Waals surface area (Å²) in [5, 5.41) is 13.4. The molecule has 0 saturated heterocycles. The summed E-state index contributed by atoms with van der Waals surface area (Å²) in [6, 6.07) is 0. The number of hydrogen-bond donors (Lipinski definition) is 1. The molecule has 7 nitrogen and oxygen atoms in total. The lowest BCUT2D eigenvalue weighted by molar-refractivity contribution is -0.305. The van der Waals surface area contributed by atoms with Crippen molar-refractivity contribution in [3.63, 3.8) is 0 Å². The SMILES string of the molecule is O=C([O-])CCNC(=O)Cn1cnc2sc3c(c2c1=O)CCCC3. The number of carbonyl (C=O) groups is 2. The van der Waals surface area contributed by atoms with E-state index >= 15 is 0 Å². The van der Waals surface area contributed by atoms with E-state index in [-0.39, 0.29) is 25.1 Å². The molecule has 122 valence electrons. The van der Waals surface area contributed by atoms with E-state index in [9.17, 15) is 19.5 Å². The van der Waals surface area contributed by atoms with Gasteiger partial charge >= 0.3 is 0 Å². The normalized spacial score (nSPS) is 13.7. The highest BCUT2D eigenvalue weighted by Gasteiger charge is 2.20. The summed E-state index contributed by atoms with van der Waals surface area (Å²) in [6.45, 7) is -0.182. The first-order valence-corrected chi connectivity index (χ1v) is 8.34. The molecule has 1 amide bonds. The number of aromatic nitrogens is 2. The van der Waals surface area contributed by atoms with Crippen molar-refractivity contribution in [1.29, 1.82) is 0 Å². The van der Waals surface area contributed by atoms with Gasteiger partial charge in [0, 0.05) is 23.8 Å². The first-order valence-electron chi connectivity index (χ1n) is 7.52. The van der Waals surface area contributed by atoms with Gasteiger partial charge in [0.2, 0.25) is 5.91 Å². The molecule has 8 heteroatoms. The van der Waals surface area contributed by atoms with Gasteiger partial charge < -0.3 is 15.2 Å². The zero-order chi connectivity index (χ0) is 16.4. The molecule has 1 aliphatic rings. The second kappa shape index (κ2) is 6.49. The third-order valence-electron chi connectivity index (χ3n) is 3.91. The highest BCUT2D eigenvalue weighted by Crippen LogP contribution is 2.33. The fraction of sp³-hybridized carbons (Fsp3) is 0.467. The van der Waals surface area contributed by atoms with Gasteiger partial charge in [0.15, 0.2) is 0 Å². The lowest BCUT2D eigenvalue weighted by Crippen LogP contribution is -2.35. The van der Waals surface area contributed by atoms with Gasteiger partial charge in [-0.05, 0) is 31.2 Å². The summed E-state index contributed by atoms with van der Waals surface area (Å²) in [5.41, 5.74) is 0.880. The van der Waals surface area contributed by atoms with Crippen LogP contribution in [0.2, 0.25) is 0 Å². The Kier molecular flexibility index (Phi) is 4.42. The first kappa shape index (κ1) is 15.7. The number of amides is 1. The smallest absolute Gasteiger partial charge is 0.262 e. The lowest BCUT2D eigenvalue weighted by Gasteiger charge is -2.10. The zero-order valence-corrected chi connectivity index (χ0v) is 13.3. The van der Waals surface area contributed by atoms with Crippen LogP contribution in [0.4, 0.5) is 0 Å². The molecule has 0 saturated carbocycles. The van der Waals surface area contributed by atoms with Crippen LogP contribution in [0.1, 0.15) is 29.7 Å². The maximum absolute atomic E-state index is 12.6. The molecular weight excluding hydrogens is 318 g/mol. The number of carboxylic acids is 1. The molecule has 3 rings (SSSR count). The number of nitrogens with one attached hydrogen (secondary N) is 1. The molecule has 0 fully saturated rings. The maximum Gasteiger partial charge on any atom is 0.262 e. The number of nitrogens with zero attached hydrogens (tertiary/aromatic N) is 2. The number of hydrogen-bond acceptors (Lipinski definition) is 6. The number of carbonyl (C=O) groups excluding carboxylic acids is 2. The Morgan fingerprint density at radius 1 is 1.35 bits per heavy atom. The Balaban J connectivity index is 1.82. The van der Waals surface area contributed by atoms with Crippen molar-refractivity contribution in [2.24, 2.45) is 0 Å². The monoisotopic (exact) mass is 334 g/mol. The zero-order valence-electron chi connectivity index (χ0n) is 12.5. The van der Waals surface area contributed by atoms with Crippen molar-refractivity contribution in [2.45, 2.75) is 38.6 Å². The highest BCUT2D eigenvalue weighted by molar-refractivity contribution is 7.18. The molecule has 0 radical (unpaired) electrons. The van der Waals surface area contributed by atoms with E-state index in [1.807, 2.05) is 0 Å². The topological polar surface area (TPSA) is 104 Å². The Morgan fingerprint density at radius 2 is 2.13 bits per heavy atom. The molecule has 0 bridgehead atoms. The molecular formula is C15H16N3O4S-. The van der Waals surface area contributed by atoms with Crippen molar-refractivity contribution < 1.29 is 14.7 Å². The molecule has 2 aromatic rings. The van der Waals surface area contributed by atoms with Gasteiger partial charge in [-0.25, -0.2) is 4.98 Å². The molecule has 1 N–H and O–H groups in total. The molecule has 2 heterocycles. The Morgan fingerprint density at radius 3 is 2.91 bits per heavy atom. The standard InChI is InChI=1S/C15H17N3O4S/c19-11(16-6-5-12(20)21)7-18-8-17-14-13(15(18)22)9-3-1-2-4-10(9)23-14/h8H,1-7H2,(H,16,19)(H,20,21)/p-1. The van der Waals surface area contributed by atoms with Gasteiger partial charge in [0.1, 0.15) is 11.4 Å². The van der Waals surface area contributed by atoms with E-state index < -0.39 is 11.9 Å². The van der Waals surface area contributed by atoms with Gasteiger partial charge in [-0.2, -0.15) is 0 Å². The number of aryl methyl sites for hydroxylation is 2. The van der Waals surface area contributed by atoms with Crippen molar-refractivity contribution in [2.75, 3.05) is 6.54 Å². The van der Waals surface area contributed by atoms with Crippen LogP contribution in [0.15, 0.2) is 11.1 Å². The number of fused-ring (bicyclic) bond motifs is 3. The summed E-state index contributed by atoms with van der Waals surface area (Å²) in [4.78, 5) is 41.0. The van der Waals surface area contributed by atoms with Gasteiger partial charge in [-0.15, -0.1) is 11.3 Å². The van der Waals surface area contributed by atoms with E-state index in [2.05, 4.69) is 10.3 Å². The number of carboxylic acid groups (broad SMARTS) is 1. The quantitative estimate of drug-likeness (QED) is 0.801. The Hall–Kier alpha value is -2.22. The van der Waals surface area contributed by atoms with Gasteiger partial charge in [0.25, 0.3) is 5.56 Å². The number of rotatable bonds is 5. The van der Waals surface area contributed by atoms with E-state index in [0.29, 0.717) is 5.39 Å². The summed E-state index contributed by atoms with van der Waals surface area (Å²) in [5.74, 6) is -1.64. The fourth-order valence-electron chi connectivity index (χ4n) is 2.81. The van der Waals surface area contributed by atoms with Crippen molar-refractivity contribution in [3.8, 4) is 0 Å². The molecule has 0 spiro atoms. The van der Waals surface area contributed by atoms with Crippen LogP contribution in [-0.2, 0) is 29.0 Å². The van der Waals surface area contributed by atoms with E-state index in [1.54, 1.807) is 11.3 Å². The van der Waals surface area contributed by atoms with Crippen molar-refractivity contribution >= 4 is 33.4 Å². The minimum atomic E-state index is -1.23. The molecule has 0 atom stereocenters. The molecule has 2 aromatic heterocycles. The summed E-state index contributed by atoms with van der Waals surface area (Å²) in [6.07, 6.45) is 5.19. The number of thiophene rings is 1. The van der Waals surface area contributed by atoms with Gasteiger partial charge in [-0.3, -0.25) is 14.2 Å². The van der Waals surface area contributed by atoms with Gasteiger partial charge in [-0.1, -0.05) is 0 Å². The van der Waals surface area contributed by atoms with Gasteiger partial charge in [0.05, 0.1) is 11.7 Å². The molecule has 1 aliphatic carbocycles. The first-order chi connectivity index (χ1) is 11.1. The molecule has 23 heavy (non-hydrogen) atoms. The highest BCUT2D eigenvalue weighted by atomic mass is 32.1. The summed E-state index contributed by atoms with van der Waals surface area (Å²) in [7, 11) is 0. The van der Waals surface area contributed by atoms with Crippen LogP contribution < -0.4 is 16.0 Å². The summed E-state index contributed by atoms with van der Waals surface area (Å²) < 4.78 is 1.28. The van der Waals surface area contributed by atoms with E-state index in [1.165, 1.54) is 15.8 Å². The van der Waals surface area contributed by atoms with Crippen LogP contribution >= 0.6 is 11.3 Å².